The molecule has 0 atom stereocenters. The van der Waals surface area contributed by atoms with Crippen LogP contribution in [0.4, 0.5) is 14.6 Å². The Morgan fingerprint density at radius 2 is 1.97 bits per heavy atom. The smallest absolute Gasteiger partial charge is 0.147 e. The van der Waals surface area contributed by atoms with Gasteiger partial charge in [0.15, 0.2) is 0 Å². The van der Waals surface area contributed by atoms with E-state index in [2.05, 4.69) is 16.2 Å². The van der Waals surface area contributed by atoms with Crippen LogP contribution in [0.2, 0.25) is 5.02 Å². The van der Waals surface area contributed by atoms with Crippen LogP contribution in [-0.4, -0.2) is 28.3 Å². The molecular weight excluding hydrogens is 514 g/mol. The average molecular weight is 535 g/mol. The summed E-state index contributed by atoms with van der Waals surface area (Å²) < 4.78 is 39.5. The van der Waals surface area contributed by atoms with Crippen LogP contribution in [0.25, 0.3) is 11.3 Å². The third-order valence-electron chi connectivity index (χ3n) is 6.88. The van der Waals surface area contributed by atoms with E-state index >= 15 is 0 Å². The largest absolute Gasteiger partial charge is 0.489 e. The van der Waals surface area contributed by atoms with Gasteiger partial charge in [-0.05, 0) is 49.2 Å². The van der Waals surface area contributed by atoms with Crippen LogP contribution in [0, 0.1) is 23.0 Å². The molecule has 4 aromatic rings. The van der Waals surface area contributed by atoms with Crippen molar-refractivity contribution in [3.8, 4) is 23.1 Å². The second kappa shape index (κ2) is 9.39. The Morgan fingerprint density at radius 3 is 2.68 bits per heavy atom. The van der Waals surface area contributed by atoms with E-state index in [0.29, 0.717) is 39.0 Å². The first kappa shape index (κ1) is 24.3. The number of pyridine rings is 1. The molecule has 10 heteroatoms. The van der Waals surface area contributed by atoms with Crippen molar-refractivity contribution in [3.63, 3.8) is 0 Å². The maximum atomic E-state index is 14.5. The Labute approximate surface area is 221 Å². The molecule has 1 saturated carbocycles. The fourth-order valence-corrected chi connectivity index (χ4v) is 5.06. The van der Waals surface area contributed by atoms with Gasteiger partial charge in [-0.15, -0.1) is 0 Å². The quantitative estimate of drug-likeness (QED) is 0.325. The number of aliphatic hydroxyl groups is 1. The highest BCUT2D eigenvalue weighted by Crippen LogP contribution is 2.45. The second-order valence-corrected chi connectivity index (χ2v) is 10.0. The third kappa shape index (κ3) is 4.46. The Balaban J connectivity index is 1.19. The van der Waals surface area contributed by atoms with E-state index in [1.165, 1.54) is 12.1 Å². The zero-order valence-corrected chi connectivity index (χ0v) is 20.8. The second-order valence-electron chi connectivity index (χ2n) is 9.60. The highest BCUT2D eigenvalue weighted by Gasteiger charge is 2.44. The summed E-state index contributed by atoms with van der Waals surface area (Å²) in [7, 11) is 0. The number of rotatable bonds is 7. The number of aromatic nitrogens is 2. The first-order valence-corrected chi connectivity index (χ1v) is 12.4. The van der Waals surface area contributed by atoms with Crippen molar-refractivity contribution in [1.82, 2.24) is 10.1 Å². The number of ether oxygens (including phenoxy) is 1. The van der Waals surface area contributed by atoms with E-state index in [9.17, 15) is 13.9 Å². The number of β-amino-alcohol motifs (C(OH)–C–C–N with tert-alkyl or cyclic N) is 1. The van der Waals surface area contributed by atoms with E-state index in [-0.39, 0.29) is 36.9 Å². The van der Waals surface area contributed by atoms with Gasteiger partial charge in [-0.25, -0.2) is 13.8 Å². The minimum Gasteiger partial charge on any atom is -0.489 e. The lowest BCUT2D eigenvalue weighted by Gasteiger charge is -2.47. The van der Waals surface area contributed by atoms with Gasteiger partial charge in [0.05, 0.1) is 35.3 Å². The lowest BCUT2D eigenvalue weighted by atomic mass is 9.86. The van der Waals surface area contributed by atoms with Gasteiger partial charge in [0, 0.05) is 29.3 Å². The van der Waals surface area contributed by atoms with Gasteiger partial charge < -0.3 is 19.3 Å². The number of halogens is 3. The van der Waals surface area contributed by atoms with E-state index in [4.69, 9.17) is 26.1 Å². The van der Waals surface area contributed by atoms with Crippen LogP contribution < -0.4 is 9.64 Å². The molecule has 0 radical (unpaired) electrons. The molecule has 0 unspecified atom stereocenters. The fraction of sp³-hybridized carbons (Fsp3) is 0.250. The summed E-state index contributed by atoms with van der Waals surface area (Å²) in [6.07, 6.45) is 3.45. The normalized spacial score (nSPS) is 16.1. The molecular formula is C28H21ClF2N4O3. The molecule has 2 fully saturated rings. The summed E-state index contributed by atoms with van der Waals surface area (Å²) in [5, 5.41) is 24.7. The van der Waals surface area contributed by atoms with E-state index in [1.807, 2.05) is 4.90 Å². The molecule has 0 amide bonds. The van der Waals surface area contributed by atoms with Gasteiger partial charge in [-0.3, -0.25) is 0 Å². The molecule has 7 nitrogen and oxygen atoms in total. The monoisotopic (exact) mass is 534 g/mol. The van der Waals surface area contributed by atoms with E-state index < -0.39 is 17.2 Å². The Hall–Kier alpha value is -4.00. The lowest BCUT2D eigenvalue weighted by molar-refractivity contribution is 0.00712. The number of anilines is 1. The molecule has 192 valence electrons. The zero-order chi connectivity index (χ0) is 26.4. The van der Waals surface area contributed by atoms with E-state index in [1.54, 1.807) is 36.5 Å². The highest BCUT2D eigenvalue weighted by molar-refractivity contribution is 6.31. The molecule has 3 heterocycles. The minimum absolute atomic E-state index is 0.0517. The van der Waals surface area contributed by atoms with Gasteiger partial charge in [0.1, 0.15) is 46.9 Å². The van der Waals surface area contributed by atoms with Crippen LogP contribution in [0.15, 0.2) is 59.3 Å². The van der Waals surface area contributed by atoms with Crippen molar-refractivity contribution in [3.05, 3.63) is 93.8 Å². The summed E-state index contributed by atoms with van der Waals surface area (Å²) in [5.41, 5.74) is 0.898. The van der Waals surface area contributed by atoms with Crippen molar-refractivity contribution in [2.75, 3.05) is 18.0 Å². The predicted octanol–water partition coefficient (Wildman–Crippen LogP) is 5.70. The van der Waals surface area contributed by atoms with Crippen LogP contribution >= 0.6 is 11.6 Å². The molecule has 2 aromatic carbocycles. The molecule has 1 saturated heterocycles. The predicted molar refractivity (Wildman–Crippen MR) is 135 cm³/mol. The molecule has 2 aliphatic rings. The van der Waals surface area contributed by atoms with Gasteiger partial charge >= 0.3 is 0 Å². The van der Waals surface area contributed by atoms with Crippen LogP contribution in [0.3, 0.4) is 0 Å². The van der Waals surface area contributed by atoms with Crippen molar-refractivity contribution in [2.45, 2.75) is 31.0 Å². The van der Waals surface area contributed by atoms with Crippen molar-refractivity contribution < 1.29 is 23.1 Å². The van der Waals surface area contributed by atoms with Gasteiger partial charge in [0.2, 0.25) is 0 Å². The maximum Gasteiger partial charge on any atom is 0.147 e. The summed E-state index contributed by atoms with van der Waals surface area (Å²) in [4.78, 5) is 6.14. The van der Waals surface area contributed by atoms with Crippen LogP contribution in [0.5, 0.6) is 5.75 Å². The molecule has 1 aliphatic heterocycles. The topological polar surface area (TPSA) is 95.4 Å². The van der Waals surface area contributed by atoms with Gasteiger partial charge in [-0.1, -0.05) is 22.8 Å². The molecule has 1 N–H and O–H groups in total. The summed E-state index contributed by atoms with van der Waals surface area (Å²) >= 11 is 6.55. The number of nitriles is 1. The maximum absolute atomic E-state index is 14.5. The average Bonchev–Trinajstić information content (AvgIpc) is 3.65. The Kier molecular flexibility index (Phi) is 6.01. The Morgan fingerprint density at radius 1 is 1.16 bits per heavy atom. The zero-order valence-electron chi connectivity index (χ0n) is 20.0. The summed E-state index contributed by atoms with van der Waals surface area (Å²) in [6, 6.07) is 13.7. The molecule has 0 bridgehead atoms. The fourth-order valence-electron chi connectivity index (χ4n) is 4.72. The van der Waals surface area contributed by atoms with E-state index in [0.717, 1.165) is 18.9 Å². The lowest BCUT2D eigenvalue weighted by Crippen LogP contribution is -2.60. The van der Waals surface area contributed by atoms with Crippen LogP contribution in [-0.2, 0) is 12.2 Å². The molecule has 6 rings (SSSR count). The number of benzene rings is 2. The first-order valence-electron chi connectivity index (χ1n) is 12.0. The first-order chi connectivity index (χ1) is 18.3. The molecule has 1 aliphatic carbocycles. The molecule has 2 aromatic heterocycles. The number of nitrogens with zero attached hydrogens (tertiary/aromatic N) is 4. The number of hydrogen-bond donors (Lipinski definition) is 1. The van der Waals surface area contributed by atoms with Crippen molar-refractivity contribution in [2.24, 2.45) is 0 Å². The van der Waals surface area contributed by atoms with Crippen molar-refractivity contribution in [1.29, 1.82) is 5.26 Å². The number of hydrogen-bond acceptors (Lipinski definition) is 7. The minimum atomic E-state index is -1.18. The third-order valence-corrected chi connectivity index (χ3v) is 7.19. The highest BCUT2D eigenvalue weighted by atomic mass is 35.5. The summed E-state index contributed by atoms with van der Waals surface area (Å²) in [6.45, 7) is 0.593. The van der Waals surface area contributed by atoms with Gasteiger partial charge in [-0.2, -0.15) is 5.26 Å². The SMILES string of the molecule is N#Cc1ccnc(N2CC(O)(c3ccc(OCc4c(-c5ccc(F)cc5F)noc4C4CC4)cc3Cl)C2)c1. The summed E-state index contributed by atoms with van der Waals surface area (Å²) in [5.74, 6) is 0.501. The van der Waals surface area contributed by atoms with Gasteiger partial charge in [0.25, 0.3) is 0 Å². The Bertz CT molecular complexity index is 1570. The molecule has 38 heavy (non-hydrogen) atoms. The van der Waals surface area contributed by atoms with Crippen molar-refractivity contribution >= 4 is 17.4 Å². The van der Waals surface area contributed by atoms with Crippen LogP contribution in [0.1, 0.15) is 41.2 Å². The standard InChI is InChI=1S/C28H21ClF2N4O3/c29-23-11-19(4-6-22(23)28(36)14-35(15-28)25-9-16(12-32)7-8-33-25)37-13-21-26(34-38-27(21)17-1-2-17)20-5-3-18(30)10-24(20)31/h3-11,17,36H,1-2,13-15H2. The molecule has 0 spiro atoms.